The van der Waals surface area contributed by atoms with E-state index in [1.807, 2.05) is 0 Å². The Bertz CT molecular complexity index is 930. The maximum atomic E-state index is 12.6. The number of carbonyl (C=O) groups is 1. The maximum absolute atomic E-state index is 12.6. The monoisotopic (exact) mass is 393 g/mol. The van der Waals surface area contributed by atoms with Crippen molar-refractivity contribution in [3.05, 3.63) is 64.2 Å². The number of hydrogen-bond acceptors (Lipinski definition) is 6. The van der Waals surface area contributed by atoms with Crippen LogP contribution in [0.25, 0.3) is 0 Å². The summed E-state index contributed by atoms with van der Waals surface area (Å²) in [5.41, 5.74) is -0.413. The van der Waals surface area contributed by atoms with E-state index >= 15 is 0 Å². The van der Waals surface area contributed by atoms with Crippen LogP contribution in [0.1, 0.15) is 16.8 Å². The molecular weight excluding hydrogens is 374 g/mol. The molecule has 0 aromatic heterocycles. The second-order valence-electron chi connectivity index (χ2n) is 5.48. The minimum Gasteiger partial charge on any atom is -0.385 e. The van der Waals surface area contributed by atoms with Crippen molar-refractivity contribution in [3.63, 3.8) is 0 Å². The first-order valence-electron chi connectivity index (χ1n) is 7.99. The van der Waals surface area contributed by atoms with Crippen LogP contribution in [0.5, 0.6) is 0 Å². The van der Waals surface area contributed by atoms with E-state index in [4.69, 9.17) is 4.74 Å². The van der Waals surface area contributed by atoms with Gasteiger partial charge in [0.05, 0.1) is 16.2 Å². The summed E-state index contributed by atoms with van der Waals surface area (Å²) >= 11 is 0. The summed E-state index contributed by atoms with van der Waals surface area (Å²) in [7, 11) is -2.72. The number of nitrogens with one attached hydrogen (secondary N) is 2. The predicted octanol–water partition coefficient (Wildman–Crippen LogP) is 2.16. The lowest BCUT2D eigenvalue weighted by Crippen LogP contribution is -2.27. The van der Waals surface area contributed by atoms with Gasteiger partial charge in [-0.15, -0.1) is 0 Å². The summed E-state index contributed by atoms with van der Waals surface area (Å²) in [5, 5.41) is 13.8. The Hall–Kier alpha value is -2.98. The Morgan fingerprint density at radius 1 is 1.15 bits per heavy atom. The molecule has 0 heterocycles. The van der Waals surface area contributed by atoms with Crippen LogP contribution in [0, 0.1) is 10.1 Å². The van der Waals surface area contributed by atoms with E-state index in [-0.39, 0.29) is 11.3 Å². The van der Waals surface area contributed by atoms with Crippen LogP contribution >= 0.6 is 0 Å². The maximum Gasteiger partial charge on any atom is 0.289 e. The van der Waals surface area contributed by atoms with Gasteiger partial charge in [-0.05, 0) is 24.6 Å². The molecule has 0 unspecified atom stereocenters. The average Bonchev–Trinajstić information content (AvgIpc) is 2.65. The quantitative estimate of drug-likeness (QED) is 0.382. The van der Waals surface area contributed by atoms with Crippen molar-refractivity contribution in [2.75, 3.05) is 25.0 Å². The number of carbonyl (C=O) groups excluding carboxylic acids is 1. The molecule has 0 radical (unpaired) electrons. The minimum atomic E-state index is -4.27. The third-order valence-corrected chi connectivity index (χ3v) is 4.99. The van der Waals surface area contributed by atoms with Gasteiger partial charge in [0, 0.05) is 26.3 Å². The Labute approximate surface area is 156 Å². The van der Waals surface area contributed by atoms with Gasteiger partial charge >= 0.3 is 0 Å². The molecule has 0 saturated carbocycles. The standard InChI is InChI=1S/C17H19N3O6S/c1-26-12-6-11-18-17(21)13-7-2-3-8-14(13)19-27(24,25)16-10-5-4-9-15(16)20(22)23/h2-5,7-10,19H,6,11-12H2,1H3,(H,18,21). The first-order chi connectivity index (χ1) is 12.9. The van der Waals surface area contributed by atoms with Crippen LogP contribution in [-0.2, 0) is 14.8 Å². The third kappa shape index (κ3) is 5.25. The molecule has 0 aliphatic carbocycles. The van der Waals surface area contributed by atoms with Crippen LogP contribution in [0.4, 0.5) is 11.4 Å². The van der Waals surface area contributed by atoms with E-state index in [2.05, 4.69) is 10.0 Å². The molecule has 2 aromatic rings. The first-order valence-corrected chi connectivity index (χ1v) is 9.47. The van der Waals surface area contributed by atoms with Gasteiger partial charge in [0.1, 0.15) is 0 Å². The molecule has 2 aromatic carbocycles. The summed E-state index contributed by atoms with van der Waals surface area (Å²) in [6.45, 7) is 0.837. The third-order valence-electron chi connectivity index (χ3n) is 3.58. The fourth-order valence-electron chi connectivity index (χ4n) is 2.32. The van der Waals surface area contributed by atoms with E-state index in [0.717, 1.165) is 12.1 Å². The Balaban J connectivity index is 2.27. The number of sulfonamides is 1. The van der Waals surface area contributed by atoms with Gasteiger partial charge in [-0.25, -0.2) is 8.42 Å². The van der Waals surface area contributed by atoms with Gasteiger partial charge < -0.3 is 10.1 Å². The number of hydrogen-bond donors (Lipinski definition) is 2. The fraction of sp³-hybridized carbons (Fsp3) is 0.235. The molecule has 9 nitrogen and oxygen atoms in total. The van der Waals surface area contributed by atoms with Gasteiger partial charge in [-0.2, -0.15) is 0 Å². The number of methoxy groups -OCH3 is 1. The SMILES string of the molecule is COCCCNC(=O)c1ccccc1NS(=O)(=O)c1ccccc1[N+](=O)[O-]. The van der Waals surface area contributed by atoms with Crippen LogP contribution < -0.4 is 10.0 Å². The van der Waals surface area contributed by atoms with Crippen molar-refractivity contribution in [2.24, 2.45) is 0 Å². The molecule has 2 rings (SSSR count). The molecule has 1 amide bonds. The zero-order valence-corrected chi connectivity index (χ0v) is 15.4. The zero-order valence-electron chi connectivity index (χ0n) is 14.5. The van der Waals surface area contributed by atoms with Gasteiger partial charge in [-0.3, -0.25) is 19.6 Å². The Kier molecular flexibility index (Phi) is 6.85. The van der Waals surface area contributed by atoms with Crippen LogP contribution in [0.3, 0.4) is 0 Å². The molecule has 0 saturated heterocycles. The first kappa shape index (κ1) is 20.3. The number of anilines is 1. The summed E-state index contributed by atoms with van der Waals surface area (Å²) in [4.78, 5) is 22.2. The number of benzene rings is 2. The lowest BCUT2D eigenvalue weighted by atomic mass is 10.1. The smallest absolute Gasteiger partial charge is 0.289 e. The van der Waals surface area contributed by atoms with Gasteiger partial charge in [0.15, 0.2) is 4.90 Å². The molecule has 0 fully saturated rings. The second-order valence-corrected chi connectivity index (χ2v) is 7.13. The number of nitro groups is 1. The summed E-state index contributed by atoms with van der Waals surface area (Å²) in [6.07, 6.45) is 0.604. The number of amides is 1. The topological polar surface area (TPSA) is 128 Å². The van der Waals surface area contributed by atoms with Crippen molar-refractivity contribution in [1.82, 2.24) is 5.32 Å². The number of para-hydroxylation sites is 2. The summed E-state index contributed by atoms with van der Waals surface area (Å²) in [5.74, 6) is -0.466. The minimum absolute atomic E-state index is 0.0277. The van der Waals surface area contributed by atoms with Crippen molar-refractivity contribution in [2.45, 2.75) is 11.3 Å². The largest absolute Gasteiger partial charge is 0.385 e. The molecule has 0 spiro atoms. The van der Waals surface area contributed by atoms with Crippen molar-refractivity contribution in [1.29, 1.82) is 0 Å². The average molecular weight is 393 g/mol. The van der Waals surface area contributed by atoms with Crippen LogP contribution in [-0.4, -0.2) is 39.5 Å². The molecule has 0 bridgehead atoms. The van der Waals surface area contributed by atoms with Crippen LogP contribution in [0.15, 0.2) is 53.4 Å². The van der Waals surface area contributed by atoms with E-state index in [1.165, 1.54) is 24.3 Å². The van der Waals surface area contributed by atoms with Gasteiger partial charge in [-0.1, -0.05) is 24.3 Å². The number of rotatable bonds is 9. The Morgan fingerprint density at radius 3 is 2.52 bits per heavy atom. The highest BCUT2D eigenvalue weighted by molar-refractivity contribution is 7.92. The van der Waals surface area contributed by atoms with Crippen molar-refractivity contribution in [3.8, 4) is 0 Å². The van der Waals surface area contributed by atoms with E-state index < -0.39 is 31.4 Å². The highest BCUT2D eigenvalue weighted by Crippen LogP contribution is 2.26. The van der Waals surface area contributed by atoms with E-state index in [0.29, 0.717) is 19.6 Å². The van der Waals surface area contributed by atoms with Crippen LogP contribution in [0.2, 0.25) is 0 Å². The molecule has 27 heavy (non-hydrogen) atoms. The zero-order chi connectivity index (χ0) is 19.9. The van der Waals surface area contributed by atoms with Crippen molar-refractivity contribution >= 4 is 27.3 Å². The highest BCUT2D eigenvalue weighted by atomic mass is 32.2. The molecule has 10 heteroatoms. The van der Waals surface area contributed by atoms with E-state index in [1.54, 1.807) is 19.2 Å². The van der Waals surface area contributed by atoms with Crippen molar-refractivity contribution < 1.29 is 22.9 Å². The Morgan fingerprint density at radius 2 is 1.81 bits per heavy atom. The number of nitrogens with zero attached hydrogens (tertiary/aromatic N) is 1. The normalized spacial score (nSPS) is 11.0. The molecule has 0 aliphatic rings. The summed E-state index contributed by atoms with van der Waals surface area (Å²) < 4.78 is 32.4. The van der Waals surface area contributed by atoms with Gasteiger partial charge in [0.25, 0.3) is 21.6 Å². The van der Waals surface area contributed by atoms with Gasteiger partial charge in [0.2, 0.25) is 0 Å². The molecule has 2 N–H and O–H groups in total. The second kappa shape index (κ2) is 9.10. The lowest BCUT2D eigenvalue weighted by Gasteiger charge is -2.13. The molecular formula is C17H19N3O6S. The highest BCUT2D eigenvalue weighted by Gasteiger charge is 2.26. The summed E-state index contributed by atoms with van der Waals surface area (Å²) in [6, 6.07) is 11.0. The molecule has 0 aliphatic heterocycles. The molecule has 0 atom stereocenters. The lowest BCUT2D eigenvalue weighted by molar-refractivity contribution is -0.387. The number of nitro benzene ring substituents is 1. The fourth-order valence-corrected chi connectivity index (χ4v) is 3.57. The predicted molar refractivity (Wildman–Crippen MR) is 99.2 cm³/mol. The van der Waals surface area contributed by atoms with E-state index in [9.17, 15) is 23.3 Å². The molecule has 144 valence electrons. The number of ether oxygens (including phenoxy) is 1.